The minimum atomic E-state index is 0.0120. The SMILES string of the molecule is COCCCNC(=O)CSc1nnc(C2CCCCC2)n1-c1ccccc1. The van der Waals surface area contributed by atoms with Crippen LogP contribution in [0.1, 0.15) is 50.3 Å². The van der Waals surface area contributed by atoms with Crippen LogP contribution < -0.4 is 5.32 Å². The molecular formula is C20H28N4O2S. The summed E-state index contributed by atoms with van der Waals surface area (Å²) in [5.74, 6) is 1.83. The molecule has 1 aromatic heterocycles. The van der Waals surface area contributed by atoms with E-state index in [1.807, 2.05) is 18.2 Å². The lowest BCUT2D eigenvalue weighted by Gasteiger charge is -2.22. The number of nitrogens with one attached hydrogen (secondary N) is 1. The summed E-state index contributed by atoms with van der Waals surface area (Å²) < 4.78 is 7.14. The molecule has 1 aliphatic rings. The number of hydrogen-bond acceptors (Lipinski definition) is 5. The Kier molecular flexibility index (Phi) is 7.71. The highest BCUT2D eigenvalue weighted by molar-refractivity contribution is 7.99. The molecule has 146 valence electrons. The molecule has 1 amide bonds. The number of methoxy groups -OCH3 is 1. The van der Waals surface area contributed by atoms with Gasteiger partial charge in [-0.15, -0.1) is 10.2 Å². The van der Waals surface area contributed by atoms with Crippen molar-refractivity contribution in [2.75, 3.05) is 26.0 Å². The fourth-order valence-electron chi connectivity index (χ4n) is 3.45. The van der Waals surface area contributed by atoms with Crippen molar-refractivity contribution in [2.24, 2.45) is 0 Å². The van der Waals surface area contributed by atoms with Gasteiger partial charge in [-0.25, -0.2) is 0 Å². The molecule has 0 bridgehead atoms. The normalized spacial score (nSPS) is 15.0. The van der Waals surface area contributed by atoms with Gasteiger partial charge < -0.3 is 10.1 Å². The van der Waals surface area contributed by atoms with E-state index in [1.54, 1.807) is 7.11 Å². The number of benzene rings is 1. The van der Waals surface area contributed by atoms with Gasteiger partial charge in [-0.1, -0.05) is 49.2 Å². The van der Waals surface area contributed by atoms with E-state index in [0.717, 1.165) is 35.9 Å². The number of amides is 1. The predicted octanol–water partition coefficient (Wildman–Crippen LogP) is 3.56. The van der Waals surface area contributed by atoms with E-state index in [0.29, 0.717) is 24.8 Å². The van der Waals surface area contributed by atoms with Crippen LogP contribution in [0.25, 0.3) is 5.69 Å². The van der Waals surface area contributed by atoms with Crippen molar-refractivity contribution in [1.82, 2.24) is 20.1 Å². The fourth-order valence-corrected chi connectivity index (χ4v) is 4.23. The van der Waals surface area contributed by atoms with Gasteiger partial charge in [0.25, 0.3) is 0 Å². The third-order valence-electron chi connectivity index (χ3n) is 4.82. The first-order valence-electron chi connectivity index (χ1n) is 9.68. The molecule has 1 saturated carbocycles. The van der Waals surface area contributed by atoms with Crippen LogP contribution in [-0.4, -0.2) is 46.7 Å². The molecule has 1 aromatic carbocycles. The van der Waals surface area contributed by atoms with Crippen molar-refractivity contribution < 1.29 is 9.53 Å². The number of rotatable bonds is 9. The van der Waals surface area contributed by atoms with Crippen molar-refractivity contribution in [3.8, 4) is 5.69 Å². The smallest absolute Gasteiger partial charge is 0.230 e. The third kappa shape index (κ3) is 5.56. The maximum atomic E-state index is 12.1. The monoisotopic (exact) mass is 388 g/mol. The standard InChI is InChI=1S/C20H28N4O2S/c1-26-14-8-13-21-18(25)15-27-20-23-22-19(16-9-4-2-5-10-16)24(20)17-11-6-3-7-12-17/h3,6-7,11-12,16H,2,4-5,8-10,13-15H2,1H3,(H,21,25). The Balaban J connectivity index is 1.71. The maximum Gasteiger partial charge on any atom is 0.230 e. The van der Waals surface area contributed by atoms with E-state index in [2.05, 4.69) is 32.2 Å². The van der Waals surface area contributed by atoms with Gasteiger partial charge in [-0.05, 0) is 31.4 Å². The number of ether oxygens (including phenoxy) is 1. The Hall–Kier alpha value is -1.86. The number of thioether (sulfide) groups is 1. The quantitative estimate of drug-likeness (QED) is 0.525. The first-order valence-corrected chi connectivity index (χ1v) is 10.7. The zero-order valence-electron chi connectivity index (χ0n) is 15.9. The molecule has 0 aliphatic heterocycles. The van der Waals surface area contributed by atoms with Gasteiger partial charge in [0, 0.05) is 31.9 Å². The molecule has 3 rings (SSSR count). The summed E-state index contributed by atoms with van der Waals surface area (Å²) in [5.41, 5.74) is 1.06. The Morgan fingerprint density at radius 3 is 2.74 bits per heavy atom. The van der Waals surface area contributed by atoms with Gasteiger partial charge in [0.15, 0.2) is 5.16 Å². The van der Waals surface area contributed by atoms with Gasteiger partial charge in [0.1, 0.15) is 5.82 Å². The zero-order chi connectivity index (χ0) is 18.9. The van der Waals surface area contributed by atoms with Gasteiger partial charge in [0.05, 0.1) is 5.75 Å². The molecule has 1 aliphatic carbocycles. The summed E-state index contributed by atoms with van der Waals surface area (Å²) in [6, 6.07) is 10.2. The van der Waals surface area contributed by atoms with Crippen molar-refractivity contribution in [2.45, 2.75) is 49.6 Å². The van der Waals surface area contributed by atoms with E-state index >= 15 is 0 Å². The molecule has 1 fully saturated rings. The molecule has 7 heteroatoms. The van der Waals surface area contributed by atoms with Crippen LogP contribution in [-0.2, 0) is 9.53 Å². The Labute approximate surface area is 165 Å². The van der Waals surface area contributed by atoms with Crippen molar-refractivity contribution in [3.63, 3.8) is 0 Å². The molecule has 0 atom stereocenters. The second-order valence-electron chi connectivity index (χ2n) is 6.83. The van der Waals surface area contributed by atoms with Crippen molar-refractivity contribution in [1.29, 1.82) is 0 Å². The molecular weight excluding hydrogens is 360 g/mol. The molecule has 2 aromatic rings. The van der Waals surface area contributed by atoms with Crippen molar-refractivity contribution in [3.05, 3.63) is 36.2 Å². The highest BCUT2D eigenvalue weighted by Crippen LogP contribution is 2.34. The number of nitrogens with zero attached hydrogens (tertiary/aromatic N) is 3. The first-order chi connectivity index (χ1) is 13.3. The molecule has 1 heterocycles. The Morgan fingerprint density at radius 1 is 1.22 bits per heavy atom. The van der Waals surface area contributed by atoms with E-state index in [-0.39, 0.29) is 5.91 Å². The second-order valence-corrected chi connectivity index (χ2v) is 7.77. The highest BCUT2D eigenvalue weighted by atomic mass is 32.2. The van der Waals surface area contributed by atoms with Gasteiger partial charge in [-0.3, -0.25) is 9.36 Å². The molecule has 1 N–H and O–H groups in total. The number of para-hydroxylation sites is 1. The summed E-state index contributed by atoms with van der Waals surface area (Å²) in [5, 5.41) is 12.7. The second kappa shape index (κ2) is 10.5. The van der Waals surface area contributed by atoms with Crippen LogP contribution in [0.15, 0.2) is 35.5 Å². The van der Waals surface area contributed by atoms with E-state index in [4.69, 9.17) is 4.74 Å². The minimum Gasteiger partial charge on any atom is -0.385 e. The van der Waals surface area contributed by atoms with Crippen molar-refractivity contribution >= 4 is 17.7 Å². The first kappa shape index (κ1) is 19.9. The van der Waals surface area contributed by atoms with Gasteiger partial charge >= 0.3 is 0 Å². The van der Waals surface area contributed by atoms with E-state index in [9.17, 15) is 4.79 Å². The fraction of sp³-hybridized carbons (Fsp3) is 0.550. The number of carbonyl (C=O) groups is 1. The maximum absolute atomic E-state index is 12.1. The Bertz CT molecular complexity index is 714. The van der Waals surface area contributed by atoms with Crippen LogP contribution >= 0.6 is 11.8 Å². The summed E-state index contributed by atoms with van der Waals surface area (Å²) >= 11 is 1.44. The van der Waals surface area contributed by atoms with Crippen LogP contribution in [0, 0.1) is 0 Å². The molecule has 0 spiro atoms. The lowest BCUT2D eigenvalue weighted by Crippen LogP contribution is -2.27. The largest absolute Gasteiger partial charge is 0.385 e. The van der Waals surface area contributed by atoms with E-state index < -0.39 is 0 Å². The number of carbonyl (C=O) groups excluding carboxylic acids is 1. The number of hydrogen-bond donors (Lipinski definition) is 1. The molecule has 6 nitrogen and oxygen atoms in total. The van der Waals surface area contributed by atoms with Crippen LogP contribution in [0.4, 0.5) is 0 Å². The van der Waals surface area contributed by atoms with Gasteiger partial charge in [0.2, 0.25) is 5.91 Å². The minimum absolute atomic E-state index is 0.0120. The highest BCUT2D eigenvalue weighted by Gasteiger charge is 2.24. The van der Waals surface area contributed by atoms with Crippen LogP contribution in [0.2, 0.25) is 0 Å². The lowest BCUT2D eigenvalue weighted by molar-refractivity contribution is -0.118. The summed E-state index contributed by atoms with van der Waals surface area (Å²) in [6.07, 6.45) is 6.95. The predicted molar refractivity (Wildman–Crippen MR) is 107 cm³/mol. The summed E-state index contributed by atoms with van der Waals surface area (Å²) in [6.45, 7) is 1.28. The topological polar surface area (TPSA) is 69.0 Å². The summed E-state index contributed by atoms with van der Waals surface area (Å²) in [7, 11) is 1.66. The molecule has 27 heavy (non-hydrogen) atoms. The van der Waals surface area contributed by atoms with Gasteiger partial charge in [-0.2, -0.15) is 0 Å². The Morgan fingerprint density at radius 2 is 2.00 bits per heavy atom. The summed E-state index contributed by atoms with van der Waals surface area (Å²) in [4.78, 5) is 12.1. The average Bonchev–Trinajstić information content (AvgIpc) is 3.15. The third-order valence-corrected chi connectivity index (χ3v) is 5.75. The molecule has 0 unspecified atom stereocenters. The van der Waals surface area contributed by atoms with E-state index in [1.165, 1.54) is 31.0 Å². The molecule has 0 saturated heterocycles. The molecule has 0 radical (unpaired) electrons. The lowest BCUT2D eigenvalue weighted by atomic mass is 9.88. The number of aromatic nitrogens is 3. The van der Waals surface area contributed by atoms with Crippen LogP contribution in [0.5, 0.6) is 0 Å². The van der Waals surface area contributed by atoms with Crippen LogP contribution in [0.3, 0.4) is 0 Å². The zero-order valence-corrected chi connectivity index (χ0v) is 16.7. The average molecular weight is 389 g/mol.